The quantitative estimate of drug-likeness (QED) is 0.672. The average Bonchev–Trinajstić information content (AvgIpc) is 2.37. The first-order valence-corrected chi connectivity index (χ1v) is 4.40. The van der Waals surface area contributed by atoms with Crippen molar-refractivity contribution in [2.24, 2.45) is 0 Å². The zero-order valence-corrected chi connectivity index (χ0v) is 7.58. The lowest BCUT2D eigenvalue weighted by Gasteiger charge is -2.08. The molecule has 0 aliphatic heterocycles. The van der Waals surface area contributed by atoms with Crippen molar-refractivity contribution in [3.8, 4) is 0 Å². The maximum absolute atomic E-state index is 3.41. The van der Waals surface area contributed by atoms with E-state index in [1.807, 2.05) is 9.99 Å². The molecule has 1 rings (SSSR count). The van der Waals surface area contributed by atoms with Crippen LogP contribution in [0.15, 0.2) is 17.5 Å². The lowest BCUT2D eigenvalue weighted by molar-refractivity contribution is 1.14. The smallest absolute Gasteiger partial charge is 0.101 e. The molecule has 0 bridgehead atoms. The zero-order valence-electron chi connectivity index (χ0n) is 5.17. The van der Waals surface area contributed by atoms with Gasteiger partial charge in [-0.3, -0.25) is 0 Å². The third-order valence-corrected chi connectivity index (χ3v) is 3.03. The zero-order chi connectivity index (χ0) is 6.69. The molecule has 1 nitrogen and oxygen atoms in total. The van der Waals surface area contributed by atoms with E-state index in [1.165, 1.54) is 5.00 Å². The molecule has 9 heavy (non-hydrogen) atoms. The Morgan fingerprint density at radius 3 is 3.00 bits per heavy atom. The summed E-state index contributed by atoms with van der Waals surface area (Å²) in [6.07, 6.45) is 0. The normalized spacial score (nSPS) is 9.56. The van der Waals surface area contributed by atoms with E-state index in [9.17, 15) is 0 Å². The van der Waals surface area contributed by atoms with Gasteiger partial charge >= 0.3 is 0 Å². The number of thiophene rings is 1. The lowest BCUT2D eigenvalue weighted by Crippen LogP contribution is -2.04. The molecule has 0 saturated heterocycles. The average molecular weight is 206 g/mol. The first-order chi connectivity index (χ1) is 4.34. The van der Waals surface area contributed by atoms with Gasteiger partial charge in [-0.05, 0) is 24.4 Å². The minimum Gasteiger partial charge on any atom is -0.300 e. The molecule has 0 N–H and O–H groups in total. The van der Waals surface area contributed by atoms with Gasteiger partial charge in [0.25, 0.3) is 0 Å². The van der Waals surface area contributed by atoms with E-state index in [0.717, 1.165) is 6.54 Å². The highest BCUT2D eigenvalue weighted by atomic mass is 79.9. The summed E-state index contributed by atoms with van der Waals surface area (Å²) in [7, 11) is 0. The Hall–Kier alpha value is -0.0200. The van der Waals surface area contributed by atoms with E-state index in [2.05, 4.69) is 34.5 Å². The Labute approximate surface area is 67.6 Å². The third-order valence-electron chi connectivity index (χ3n) is 1.02. The van der Waals surface area contributed by atoms with Crippen LogP contribution in [-0.2, 0) is 0 Å². The standard InChI is InChI=1S/C6H8BrNS/c1-2-8(7)6-4-3-5-9-6/h3-5H,2H2,1H3. The van der Waals surface area contributed by atoms with E-state index in [4.69, 9.17) is 0 Å². The third kappa shape index (κ3) is 1.69. The summed E-state index contributed by atoms with van der Waals surface area (Å²) in [6, 6.07) is 4.13. The molecule has 0 atom stereocenters. The highest BCUT2D eigenvalue weighted by molar-refractivity contribution is 9.10. The van der Waals surface area contributed by atoms with E-state index >= 15 is 0 Å². The van der Waals surface area contributed by atoms with Gasteiger partial charge in [0.1, 0.15) is 5.00 Å². The predicted molar refractivity (Wildman–Crippen MR) is 46.3 cm³/mol. The molecule has 0 radical (unpaired) electrons. The minimum atomic E-state index is 1.00. The van der Waals surface area contributed by atoms with Crippen LogP contribution in [-0.4, -0.2) is 6.54 Å². The molecule has 0 aliphatic carbocycles. The van der Waals surface area contributed by atoms with Crippen molar-refractivity contribution in [2.75, 3.05) is 10.5 Å². The Balaban J connectivity index is 2.65. The van der Waals surface area contributed by atoms with Crippen LogP contribution in [0, 0.1) is 0 Å². The molecule has 1 aromatic heterocycles. The second-order valence-electron chi connectivity index (χ2n) is 1.63. The number of hydrogen-bond acceptors (Lipinski definition) is 2. The summed E-state index contributed by atoms with van der Waals surface area (Å²) in [6.45, 7) is 3.11. The van der Waals surface area contributed by atoms with E-state index in [0.29, 0.717) is 0 Å². The fourth-order valence-electron chi connectivity index (χ4n) is 0.564. The SMILES string of the molecule is CCN(Br)c1cccs1. The molecule has 1 aromatic rings. The Morgan fingerprint density at radius 1 is 1.78 bits per heavy atom. The van der Waals surface area contributed by atoms with Crippen LogP contribution in [0.2, 0.25) is 0 Å². The summed E-state index contributed by atoms with van der Waals surface area (Å²) in [5, 5.41) is 3.33. The van der Waals surface area contributed by atoms with Crippen LogP contribution >= 0.6 is 27.5 Å². The molecule has 0 aromatic carbocycles. The van der Waals surface area contributed by atoms with Crippen molar-refractivity contribution >= 4 is 32.5 Å². The topological polar surface area (TPSA) is 3.24 Å². The first kappa shape index (κ1) is 7.09. The summed E-state index contributed by atoms with van der Waals surface area (Å²) in [4.78, 5) is 0. The van der Waals surface area contributed by atoms with Gasteiger partial charge in [-0.15, -0.1) is 11.3 Å². The minimum absolute atomic E-state index is 1.00. The summed E-state index contributed by atoms with van der Waals surface area (Å²) in [5.41, 5.74) is 0. The fraction of sp³-hybridized carbons (Fsp3) is 0.333. The van der Waals surface area contributed by atoms with Crippen molar-refractivity contribution < 1.29 is 0 Å². The van der Waals surface area contributed by atoms with Crippen LogP contribution in [0.1, 0.15) is 6.92 Å². The summed E-state index contributed by atoms with van der Waals surface area (Å²) >= 11 is 5.14. The van der Waals surface area contributed by atoms with Gasteiger partial charge in [-0.2, -0.15) is 0 Å². The highest BCUT2D eigenvalue weighted by Gasteiger charge is 1.97. The second-order valence-corrected chi connectivity index (χ2v) is 3.41. The fourth-order valence-corrected chi connectivity index (χ4v) is 1.63. The molecule has 3 heteroatoms. The van der Waals surface area contributed by atoms with Gasteiger partial charge in [0.15, 0.2) is 0 Å². The molecule has 0 saturated carbocycles. The van der Waals surface area contributed by atoms with Gasteiger partial charge in [0, 0.05) is 6.54 Å². The van der Waals surface area contributed by atoms with Crippen molar-refractivity contribution in [1.82, 2.24) is 0 Å². The number of hydrogen-bond donors (Lipinski definition) is 0. The molecule has 1 heterocycles. The van der Waals surface area contributed by atoms with E-state index in [1.54, 1.807) is 11.3 Å². The predicted octanol–water partition coefficient (Wildman–Crippen LogP) is 2.88. The number of nitrogens with zero attached hydrogens (tertiary/aromatic N) is 1. The maximum atomic E-state index is 3.41. The van der Waals surface area contributed by atoms with Crippen LogP contribution in [0.5, 0.6) is 0 Å². The number of halogens is 1. The Kier molecular flexibility index (Phi) is 2.54. The molecule has 50 valence electrons. The van der Waals surface area contributed by atoms with Gasteiger partial charge < -0.3 is 3.93 Å². The Morgan fingerprint density at radius 2 is 2.56 bits per heavy atom. The molecule has 0 unspecified atom stereocenters. The molecule has 0 spiro atoms. The monoisotopic (exact) mass is 205 g/mol. The maximum Gasteiger partial charge on any atom is 0.101 e. The highest BCUT2D eigenvalue weighted by Crippen LogP contribution is 2.23. The van der Waals surface area contributed by atoms with Gasteiger partial charge in [0.2, 0.25) is 0 Å². The van der Waals surface area contributed by atoms with Crippen LogP contribution < -0.4 is 3.93 Å². The van der Waals surface area contributed by atoms with Gasteiger partial charge in [-0.1, -0.05) is 0 Å². The number of rotatable bonds is 2. The lowest BCUT2D eigenvalue weighted by atomic mass is 10.6. The molecule has 0 aliphatic rings. The molecular formula is C6H8BrNS. The van der Waals surface area contributed by atoms with Crippen LogP contribution in [0.25, 0.3) is 0 Å². The van der Waals surface area contributed by atoms with Crippen LogP contribution in [0.4, 0.5) is 5.00 Å². The van der Waals surface area contributed by atoms with Crippen molar-refractivity contribution in [1.29, 1.82) is 0 Å². The van der Waals surface area contributed by atoms with E-state index in [-0.39, 0.29) is 0 Å². The number of anilines is 1. The largest absolute Gasteiger partial charge is 0.300 e. The van der Waals surface area contributed by atoms with Crippen LogP contribution in [0.3, 0.4) is 0 Å². The van der Waals surface area contributed by atoms with Gasteiger partial charge in [-0.25, -0.2) is 0 Å². The molecular weight excluding hydrogens is 198 g/mol. The molecule has 0 fully saturated rings. The first-order valence-electron chi connectivity index (χ1n) is 2.81. The summed E-state index contributed by atoms with van der Waals surface area (Å²) in [5.74, 6) is 0. The second kappa shape index (κ2) is 3.22. The van der Waals surface area contributed by atoms with Crippen molar-refractivity contribution in [2.45, 2.75) is 6.92 Å². The Bertz CT molecular complexity index is 162. The van der Waals surface area contributed by atoms with Crippen molar-refractivity contribution in [3.63, 3.8) is 0 Å². The van der Waals surface area contributed by atoms with E-state index < -0.39 is 0 Å². The van der Waals surface area contributed by atoms with Gasteiger partial charge in [0.05, 0.1) is 16.1 Å². The van der Waals surface area contributed by atoms with Crippen molar-refractivity contribution in [3.05, 3.63) is 17.5 Å². The summed E-state index contributed by atoms with van der Waals surface area (Å²) < 4.78 is 2.04. The molecule has 0 amide bonds.